The van der Waals surface area contributed by atoms with Crippen molar-refractivity contribution in [1.29, 1.82) is 0 Å². The molecule has 0 bridgehead atoms. The first-order chi connectivity index (χ1) is 7.13. The second-order valence-corrected chi connectivity index (χ2v) is 4.32. The van der Waals surface area contributed by atoms with Crippen LogP contribution in [0.2, 0.25) is 0 Å². The van der Waals surface area contributed by atoms with Gasteiger partial charge < -0.3 is 0 Å². The van der Waals surface area contributed by atoms with E-state index in [1.165, 1.54) is 6.07 Å². The maximum Gasteiger partial charge on any atom is 0.151 e. The summed E-state index contributed by atoms with van der Waals surface area (Å²) in [6.45, 7) is 0. The molecule has 0 amide bonds. The molecule has 1 nitrogen and oxygen atoms in total. The quantitative estimate of drug-likeness (QED) is 0.718. The molecule has 0 radical (unpaired) electrons. The first-order valence-electron chi connectivity index (χ1n) is 4.45. The van der Waals surface area contributed by atoms with E-state index in [0.29, 0.717) is 29.2 Å². The zero-order chi connectivity index (χ0) is 11.0. The van der Waals surface area contributed by atoms with E-state index in [-0.39, 0.29) is 11.1 Å². The summed E-state index contributed by atoms with van der Waals surface area (Å²) in [5, 5.41) is 0. The van der Waals surface area contributed by atoms with Gasteiger partial charge in [-0.3, -0.25) is 4.79 Å². The minimum Gasteiger partial charge on any atom is -0.298 e. The second-order valence-electron chi connectivity index (χ2n) is 3.36. The molecule has 0 aromatic heterocycles. The molecule has 0 aliphatic heterocycles. The maximum absolute atomic E-state index is 13.5. The summed E-state index contributed by atoms with van der Waals surface area (Å²) < 4.78 is 27.1. The molecule has 1 aromatic rings. The predicted octanol–water partition coefficient (Wildman–Crippen LogP) is 3.22. The number of rotatable bonds is 1. The fourth-order valence-electron chi connectivity index (χ4n) is 1.76. The molecule has 0 unspecified atom stereocenters. The van der Waals surface area contributed by atoms with Crippen molar-refractivity contribution in [2.24, 2.45) is 0 Å². The SMILES string of the molecule is O=CC1=C(Br)CCc2cc(F)cc(F)c21. The van der Waals surface area contributed by atoms with Gasteiger partial charge in [0.1, 0.15) is 11.6 Å². The number of fused-ring (bicyclic) bond motifs is 1. The van der Waals surface area contributed by atoms with Crippen molar-refractivity contribution in [3.8, 4) is 0 Å². The van der Waals surface area contributed by atoms with Gasteiger partial charge in [-0.25, -0.2) is 8.78 Å². The molecular formula is C11H7BrF2O. The number of hydrogen-bond acceptors (Lipinski definition) is 1. The van der Waals surface area contributed by atoms with Crippen LogP contribution in [0, 0.1) is 11.6 Å². The van der Waals surface area contributed by atoms with Crippen LogP contribution in [0.5, 0.6) is 0 Å². The third-order valence-electron chi connectivity index (χ3n) is 2.43. The molecule has 0 saturated heterocycles. The lowest BCUT2D eigenvalue weighted by molar-refractivity contribution is -0.103. The van der Waals surface area contributed by atoms with Crippen molar-refractivity contribution < 1.29 is 13.6 Å². The Morgan fingerprint density at radius 3 is 2.67 bits per heavy atom. The molecule has 1 aromatic carbocycles. The smallest absolute Gasteiger partial charge is 0.151 e. The maximum atomic E-state index is 13.5. The lowest BCUT2D eigenvalue weighted by Crippen LogP contribution is -2.06. The van der Waals surface area contributed by atoms with Crippen LogP contribution in [0.15, 0.2) is 16.6 Å². The molecule has 0 spiro atoms. The average molecular weight is 273 g/mol. The Bertz CT molecular complexity index is 466. The van der Waals surface area contributed by atoms with Crippen LogP contribution < -0.4 is 0 Å². The Labute approximate surface area is 93.9 Å². The van der Waals surface area contributed by atoms with Crippen molar-refractivity contribution in [1.82, 2.24) is 0 Å². The van der Waals surface area contributed by atoms with Gasteiger partial charge >= 0.3 is 0 Å². The fraction of sp³-hybridized carbons (Fsp3) is 0.182. The van der Waals surface area contributed by atoms with E-state index in [2.05, 4.69) is 15.9 Å². The first kappa shape index (κ1) is 10.5. The van der Waals surface area contributed by atoms with Crippen molar-refractivity contribution in [2.45, 2.75) is 12.8 Å². The number of halogens is 3. The molecule has 0 atom stereocenters. The number of aryl methyl sites for hydroxylation is 1. The second kappa shape index (κ2) is 3.85. The fourth-order valence-corrected chi connectivity index (χ4v) is 2.25. The summed E-state index contributed by atoms with van der Waals surface area (Å²) in [4.78, 5) is 10.8. The lowest BCUT2D eigenvalue weighted by Gasteiger charge is -2.17. The molecule has 4 heteroatoms. The highest BCUT2D eigenvalue weighted by atomic mass is 79.9. The summed E-state index contributed by atoms with van der Waals surface area (Å²) in [5.74, 6) is -1.28. The molecule has 0 N–H and O–H groups in total. The van der Waals surface area contributed by atoms with Gasteiger partial charge in [0.15, 0.2) is 6.29 Å². The number of aldehydes is 1. The topological polar surface area (TPSA) is 17.1 Å². The van der Waals surface area contributed by atoms with Crippen LogP contribution in [0.4, 0.5) is 8.78 Å². The van der Waals surface area contributed by atoms with E-state index in [0.717, 1.165) is 6.07 Å². The standard InChI is InChI=1S/C11H7BrF2O/c12-9-2-1-6-3-7(13)4-10(14)11(6)8(9)5-15/h3-5H,1-2H2. The van der Waals surface area contributed by atoms with E-state index in [9.17, 15) is 13.6 Å². The molecule has 0 fully saturated rings. The van der Waals surface area contributed by atoms with E-state index in [1.54, 1.807) is 0 Å². The molecule has 1 aliphatic rings. The largest absolute Gasteiger partial charge is 0.298 e. The molecular weight excluding hydrogens is 266 g/mol. The number of benzene rings is 1. The first-order valence-corrected chi connectivity index (χ1v) is 5.25. The Kier molecular flexibility index (Phi) is 2.69. The Hall–Kier alpha value is -1.03. The monoisotopic (exact) mass is 272 g/mol. The Morgan fingerprint density at radius 2 is 2.00 bits per heavy atom. The number of carbonyl (C=O) groups is 1. The highest BCUT2D eigenvalue weighted by molar-refractivity contribution is 9.11. The van der Waals surface area contributed by atoms with Crippen LogP contribution in [0.25, 0.3) is 5.57 Å². The van der Waals surface area contributed by atoms with Gasteiger partial charge in [-0.05, 0) is 24.5 Å². The van der Waals surface area contributed by atoms with Crippen LogP contribution in [0.3, 0.4) is 0 Å². The minimum atomic E-state index is -0.677. The zero-order valence-corrected chi connectivity index (χ0v) is 9.27. The molecule has 15 heavy (non-hydrogen) atoms. The van der Waals surface area contributed by atoms with Gasteiger partial charge in [0.2, 0.25) is 0 Å². The van der Waals surface area contributed by atoms with Gasteiger partial charge in [-0.2, -0.15) is 0 Å². The summed E-state index contributed by atoms with van der Waals surface area (Å²) in [6, 6.07) is 2.08. The highest BCUT2D eigenvalue weighted by Crippen LogP contribution is 2.35. The lowest BCUT2D eigenvalue weighted by atomic mass is 9.91. The molecule has 0 heterocycles. The predicted molar refractivity (Wildman–Crippen MR) is 56.6 cm³/mol. The van der Waals surface area contributed by atoms with Crippen molar-refractivity contribution >= 4 is 27.8 Å². The summed E-state index contributed by atoms with van der Waals surface area (Å²) >= 11 is 3.23. The highest BCUT2D eigenvalue weighted by Gasteiger charge is 2.21. The third kappa shape index (κ3) is 1.74. The Morgan fingerprint density at radius 1 is 1.27 bits per heavy atom. The third-order valence-corrected chi connectivity index (χ3v) is 3.25. The van der Waals surface area contributed by atoms with Crippen molar-refractivity contribution in [2.75, 3.05) is 0 Å². The normalized spacial score (nSPS) is 15.1. The molecule has 2 rings (SSSR count). The molecule has 78 valence electrons. The van der Waals surface area contributed by atoms with Crippen LogP contribution in [-0.4, -0.2) is 6.29 Å². The van der Waals surface area contributed by atoms with E-state index < -0.39 is 11.6 Å². The Balaban J connectivity index is 2.71. The summed E-state index contributed by atoms with van der Waals surface area (Å²) in [6.07, 6.45) is 1.75. The van der Waals surface area contributed by atoms with Gasteiger partial charge in [0.25, 0.3) is 0 Å². The van der Waals surface area contributed by atoms with Gasteiger partial charge in [-0.1, -0.05) is 15.9 Å². The van der Waals surface area contributed by atoms with Crippen LogP contribution >= 0.6 is 15.9 Å². The van der Waals surface area contributed by atoms with Gasteiger partial charge in [-0.15, -0.1) is 0 Å². The van der Waals surface area contributed by atoms with E-state index in [4.69, 9.17) is 0 Å². The van der Waals surface area contributed by atoms with Crippen LogP contribution in [-0.2, 0) is 11.2 Å². The number of carbonyl (C=O) groups excluding carboxylic acids is 1. The van der Waals surface area contributed by atoms with Crippen LogP contribution in [0.1, 0.15) is 17.5 Å². The minimum absolute atomic E-state index is 0.226. The average Bonchev–Trinajstić information content (AvgIpc) is 2.18. The van der Waals surface area contributed by atoms with Crippen molar-refractivity contribution in [3.05, 3.63) is 39.4 Å². The number of allylic oxidation sites excluding steroid dienone is 2. The molecule has 0 saturated carbocycles. The molecule has 1 aliphatic carbocycles. The van der Waals surface area contributed by atoms with Gasteiger partial charge in [0, 0.05) is 21.7 Å². The van der Waals surface area contributed by atoms with E-state index in [1.807, 2.05) is 0 Å². The van der Waals surface area contributed by atoms with Gasteiger partial charge in [0.05, 0.1) is 0 Å². The summed E-state index contributed by atoms with van der Waals surface area (Å²) in [7, 11) is 0. The summed E-state index contributed by atoms with van der Waals surface area (Å²) in [5.41, 5.74) is 1.07. The zero-order valence-electron chi connectivity index (χ0n) is 7.69. The van der Waals surface area contributed by atoms with E-state index >= 15 is 0 Å². The van der Waals surface area contributed by atoms with Crippen molar-refractivity contribution in [3.63, 3.8) is 0 Å². The number of hydrogen-bond donors (Lipinski definition) is 0.